The van der Waals surface area contributed by atoms with E-state index < -0.39 is 0 Å². The minimum Gasteiger partial charge on any atom is -0.508 e. The molecule has 0 unspecified atom stereocenters. The monoisotopic (exact) mass is 277 g/mol. The molecule has 1 aromatic rings. The van der Waals surface area contributed by atoms with Gasteiger partial charge >= 0.3 is 0 Å². The summed E-state index contributed by atoms with van der Waals surface area (Å²) in [5.74, 6) is 0.271. The van der Waals surface area contributed by atoms with Crippen LogP contribution in [0.5, 0.6) is 5.75 Å². The van der Waals surface area contributed by atoms with E-state index in [1.807, 2.05) is 12.1 Å². The van der Waals surface area contributed by atoms with Crippen molar-refractivity contribution in [2.75, 3.05) is 0 Å². The number of rotatable bonds is 10. The Morgan fingerprint density at radius 1 is 1.05 bits per heavy atom. The molecule has 2 N–H and O–H groups in total. The van der Waals surface area contributed by atoms with Crippen LogP contribution in [0.1, 0.15) is 63.0 Å². The third-order valence-corrected chi connectivity index (χ3v) is 3.61. The summed E-state index contributed by atoms with van der Waals surface area (Å²) in [6.45, 7) is 2.24. The molecule has 0 spiro atoms. The number of benzene rings is 1. The van der Waals surface area contributed by atoms with Crippen LogP contribution in [0.25, 0.3) is 0 Å². The standard InChI is InChI=1S/C17H27NO2/c1-2-3-4-5-6-7-8-9-15-10-11-17(19)16(14-15)12-13-18-20/h10-11,13-14,19-20H,2-9,12H2,1H3. The Morgan fingerprint density at radius 3 is 2.45 bits per heavy atom. The summed E-state index contributed by atoms with van der Waals surface area (Å²) in [5.41, 5.74) is 2.07. The number of phenols is 1. The summed E-state index contributed by atoms with van der Waals surface area (Å²) in [4.78, 5) is 0. The zero-order valence-corrected chi connectivity index (χ0v) is 12.5. The summed E-state index contributed by atoms with van der Waals surface area (Å²) < 4.78 is 0. The van der Waals surface area contributed by atoms with E-state index in [-0.39, 0.29) is 5.75 Å². The quantitative estimate of drug-likeness (QED) is 0.282. The molecule has 112 valence electrons. The van der Waals surface area contributed by atoms with Gasteiger partial charge in [0.2, 0.25) is 0 Å². The van der Waals surface area contributed by atoms with Gasteiger partial charge in [0.05, 0.1) is 0 Å². The molecule has 1 aromatic carbocycles. The SMILES string of the molecule is CCCCCCCCCc1ccc(O)c(CC=NO)c1. The van der Waals surface area contributed by atoms with Crippen molar-refractivity contribution in [3.63, 3.8) is 0 Å². The Bertz CT molecular complexity index is 402. The molecule has 0 aliphatic rings. The van der Waals surface area contributed by atoms with Gasteiger partial charge in [-0.05, 0) is 30.0 Å². The third kappa shape index (κ3) is 6.60. The van der Waals surface area contributed by atoms with Crippen molar-refractivity contribution in [1.29, 1.82) is 0 Å². The lowest BCUT2D eigenvalue weighted by molar-refractivity contribution is 0.320. The van der Waals surface area contributed by atoms with E-state index in [4.69, 9.17) is 5.21 Å². The highest BCUT2D eigenvalue weighted by Gasteiger charge is 2.02. The number of aryl methyl sites for hydroxylation is 1. The van der Waals surface area contributed by atoms with Crippen LogP contribution in [0, 0.1) is 0 Å². The van der Waals surface area contributed by atoms with Crippen molar-refractivity contribution < 1.29 is 10.3 Å². The van der Waals surface area contributed by atoms with E-state index in [1.54, 1.807) is 6.07 Å². The predicted molar refractivity (Wildman–Crippen MR) is 83.8 cm³/mol. The van der Waals surface area contributed by atoms with Gasteiger partial charge in [0.25, 0.3) is 0 Å². The Hall–Kier alpha value is -1.51. The molecule has 0 saturated carbocycles. The van der Waals surface area contributed by atoms with Crippen LogP contribution in [0.4, 0.5) is 0 Å². The zero-order chi connectivity index (χ0) is 14.6. The molecule has 20 heavy (non-hydrogen) atoms. The summed E-state index contributed by atoms with van der Waals surface area (Å²) in [5, 5.41) is 21.1. The number of oxime groups is 1. The minimum absolute atomic E-state index is 0.271. The number of aromatic hydroxyl groups is 1. The Balaban J connectivity index is 2.29. The van der Waals surface area contributed by atoms with Gasteiger partial charge in [-0.2, -0.15) is 0 Å². The van der Waals surface area contributed by atoms with E-state index in [0.29, 0.717) is 6.42 Å². The predicted octanol–water partition coefficient (Wildman–Crippen LogP) is 4.69. The first-order valence-corrected chi connectivity index (χ1v) is 7.74. The topological polar surface area (TPSA) is 52.8 Å². The zero-order valence-electron chi connectivity index (χ0n) is 12.5. The Morgan fingerprint density at radius 2 is 1.75 bits per heavy atom. The van der Waals surface area contributed by atoms with E-state index >= 15 is 0 Å². The second kappa shape index (κ2) is 10.3. The van der Waals surface area contributed by atoms with Crippen molar-refractivity contribution in [2.45, 2.75) is 64.7 Å². The highest BCUT2D eigenvalue weighted by molar-refractivity contribution is 5.62. The molecule has 0 aliphatic heterocycles. The number of nitrogens with zero attached hydrogens (tertiary/aromatic N) is 1. The van der Waals surface area contributed by atoms with Gasteiger partial charge < -0.3 is 10.3 Å². The fourth-order valence-corrected chi connectivity index (χ4v) is 2.38. The normalized spacial score (nSPS) is 11.2. The molecule has 0 bridgehead atoms. The minimum atomic E-state index is 0.271. The summed E-state index contributed by atoms with van der Waals surface area (Å²) >= 11 is 0. The molecule has 0 atom stereocenters. The number of unbranched alkanes of at least 4 members (excludes halogenated alkanes) is 6. The molecule has 0 radical (unpaired) electrons. The van der Waals surface area contributed by atoms with Crippen LogP contribution in [0.15, 0.2) is 23.4 Å². The lowest BCUT2D eigenvalue weighted by Gasteiger charge is -2.06. The number of hydrogen-bond acceptors (Lipinski definition) is 3. The van der Waals surface area contributed by atoms with Crippen LogP contribution in [0.3, 0.4) is 0 Å². The fraction of sp³-hybridized carbons (Fsp3) is 0.588. The molecule has 0 heterocycles. The average molecular weight is 277 g/mol. The van der Waals surface area contributed by atoms with Gasteiger partial charge in [0.15, 0.2) is 0 Å². The van der Waals surface area contributed by atoms with Crippen LogP contribution in [-0.2, 0) is 12.8 Å². The Kier molecular flexibility index (Phi) is 8.52. The highest BCUT2D eigenvalue weighted by atomic mass is 16.4. The first-order chi connectivity index (χ1) is 9.77. The van der Waals surface area contributed by atoms with E-state index in [0.717, 1.165) is 12.0 Å². The largest absolute Gasteiger partial charge is 0.508 e. The maximum absolute atomic E-state index is 9.71. The molecule has 0 amide bonds. The maximum atomic E-state index is 9.71. The fourth-order valence-electron chi connectivity index (χ4n) is 2.38. The van der Waals surface area contributed by atoms with Crippen molar-refractivity contribution in [1.82, 2.24) is 0 Å². The molecular formula is C17H27NO2. The molecule has 1 rings (SSSR count). The van der Waals surface area contributed by atoms with Crippen molar-refractivity contribution in [3.8, 4) is 5.75 Å². The molecule has 0 saturated heterocycles. The van der Waals surface area contributed by atoms with Crippen LogP contribution < -0.4 is 0 Å². The first-order valence-electron chi connectivity index (χ1n) is 7.74. The lowest BCUT2D eigenvalue weighted by atomic mass is 10.0. The van der Waals surface area contributed by atoms with Gasteiger partial charge in [-0.25, -0.2) is 0 Å². The number of phenolic OH excluding ortho intramolecular Hbond substituents is 1. The second-order valence-corrected chi connectivity index (χ2v) is 5.34. The van der Waals surface area contributed by atoms with E-state index in [1.165, 1.54) is 56.7 Å². The summed E-state index contributed by atoms with van der Waals surface area (Å²) in [7, 11) is 0. The average Bonchev–Trinajstić information content (AvgIpc) is 2.46. The van der Waals surface area contributed by atoms with Gasteiger partial charge in [-0.15, -0.1) is 5.16 Å². The van der Waals surface area contributed by atoms with Crippen LogP contribution >= 0.6 is 0 Å². The molecule has 0 aromatic heterocycles. The van der Waals surface area contributed by atoms with Crippen molar-refractivity contribution in [2.24, 2.45) is 5.16 Å². The third-order valence-electron chi connectivity index (χ3n) is 3.61. The maximum Gasteiger partial charge on any atom is 0.119 e. The van der Waals surface area contributed by atoms with E-state index in [2.05, 4.69) is 12.1 Å². The smallest absolute Gasteiger partial charge is 0.119 e. The molecule has 0 aliphatic carbocycles. The van der Waals surface area contributed by atoms with Gasteiger partial charge in [0.1, 0.15) is 5.75 Å². The van der Waals surface area contributed by atoms with Crippen LogP contribution in [0.2, 0.25) is 0 Å². The first kappa shape index (κ1) is 16.5. The van der Waals surface area contributed by atoms with E-state index in [9.17, 15) is 5.11 Å². The van der Waals surface area contributed by atoms with Gasteiger partial charge in [0, 0.05) is 12.6 Å². The lowest BCUT2D eigenvalue weighted by Crippen LogP contribution is -1.92. The van der Waals surface area contributed by atoms with Crippen molar-refractivity contribution in [3.05, 3.63) is 29.3 Å². The highest BCUT2D eigenvalue weighted by Crippen LogP contribution is 2.20. The second-order valence-electron chi connectivity index (χ2n) is 5.34. The summed E-state index contributed by atoms with van der Waals surface area (Å²) in [6, 6.07) is 5.72. The van der Waals surface area contributed by atoms with Crippen LogP contribution in [-0.4, -0.2) is 16.5 Å². The van der Waals surface area contributed by atoms with Gasteiger partial charge in [-0.3, -0.25) is 0 Å². The van der Waals surface area contributed by atoms with Crippen molar-refractivity contribution >= 4 is 6.21 Å². The molecular weight excluding hydrogens is 250 g/mol. The molecule has 3 nitrogen and oxygen atoms in total. The van der Waals surface area contributed by atoms with Gasteiger partial charge in [-0.1, -0.05) is 57.6 Å². The number of hydrogen-bond donors (Lipinski definition) is 2. The molecule has 0 fully saturated rings. The summed E-state index contributed by atoms with van der Waals surface area (Å²) in [6.07, 6.45) is 12.1. The molecule has 3 heteroatoms. The Labute approximate surface area is 122 Å².